The number of hydrogen-bond donors (Lipinski definition) is 0. The number of amides is 1. The Morgan fingerprint density at radius 3 is 2.62 bits per heavy atom. The Kier molecular flexibility index (Phi) is 5.26. The monoisotopic (exact) mass is 364 g/mol. The first-order valence-corrected chi connectivity index (χ1v) is 10.1. The molecule has 1 aliphatic heterocycles. The summed E-state index contributed by atoms with van der Waals surface area (Å²) in [4.78, 5) is 20.2. The van der Waals surface area contributed by atoms with Gasteiger partial charge in [-0.3, -0.25) is 14.7 Å². The standard InChI is InChI=1S/C19H25ClN2OS/c1-13-8-4-7-11-16(13)22(18-21-19(2,3)12-24-18)17(23)14-9-5-6-10-15(14)20/h5-6,9-10,13,16H,4,7-8,11-12H2,1-3H3/t13-,16-/m1/s1. The van der Waals surface area contributed by atoms with Crippen molar-refractivity contribution >= 4 is 34.4 Å². The molecular weight excluding hydrogens is 340 g/mol. The molecule has 1 aromatic carbocycles. The van der Waals surface area contributed by atoms with Crippen molar-refractivity contribution in [1.82, 2.24) is 4.90 Å². The van der Waals surface area contributed by atoms with E-state index >= 15 is 0 Å². The van der Waals surface area contributed by atoms with Crippen molar-refractivity contribution in [2.75, 3.05) is 5.75 Å². The van der Waals surface area contributed by atoms with E-state index < -0.39 is 0 Å². The highest BCUT2D eigenvalue weighted by Crippen LogP contribution is 2.36. The molecule has 1 heterocycles. The highest BCUT2D eigenvalue weighted by Gasteiger charge is 2.38. The van der Waals surface area contributed by atoms with Crippen molar-refractivity contribution in [2.45, 2.75) is 58.0 Å². The fraction of sp³-hybridized carbons (Fsp3) is 0.579. The largest absolute Gasteiger partial charge is 0.284 e. The summed E-state index contributed by atoms with van der Waals surface area (Å²) in [6.45, 7) is 6.49. The Balaban J connectivity index is 1.99. The molecule has 130 valence electrons. The average molecular weight is 365 g/mol. The number of aliphatic imine (C=N–C) groups is 1. The highest BCUT2D eigenvalue weighted by atomic mass is 35.5. The maximum absolute atomic E-state index is 13.4. The molecule has 1 amide bonds. The van der Waals surface area contributed by atoms with Crippen LogP contribution in [0.2, 0.25) is 5.02 Å². The number of hydrogen-bond acceptors (Lipinski definition) is 3. The normalized spacial score (nSPS) is 26.1. The van der Waals surface area contributed by atoms with Crippen LogP contribution in [0, 0.1) is 5.92 Å². The van der Waals surface area contributed by atoms with E-state index in [1.54, 1.807) is 17.8 Å². The van der Waals surface area contributed by atoms with Gasteiger partial charge >= 0.3 is 0 Å². The first-order chi connectivity index (χ1) is 11.4. The van der Waals surface area contributed by atoms with E-state index in [0.717, 1.165) is 23.8 Å². The van der Waals surface area contributed by atoms with Gasteiger partial charge < -0.3 is 0 Å². The molecule has 0 saturated heterocycles. The summed E-state index contributed by atoms with van der Waals surface area (Å²) in [5.74, 6) is 1.39. The molecule has 0 radical (unpaired) electrons. The van der Waals surface area contributed by atoms with Gasteiger partial charge in [-0.25, -0.2) is 0 Å². The number of nitrogens with zero attached hydrogens (tertiary/aromatic N) is 2. The number of benzene rings is 1. The molecule has 3 nitrogen and oxygen atoms in total. The molecule has 3 rings (SSSR count). The van der Waals surface area contributed by atoms with Gasteiger partial charge in [-0.05, 0) is 44.7 Å². The molecule has 0 spiro atoms. The lowest BCUT2D eigenvalue weighted by Gasteiger charge is -2.38. The fourth-order valence-corrected chi connectivity index (χ4v) is 4.94. The van der Waals surface area contributed by atoms with E-state index in [4.69, 9.17) is 16.6 Å². The molecule has 2 aliphatic rings. The van der Waals surface area contributed by atoms with Crippen LogP contribution in [0.15, 0.2) is 29.3 Å². The van der Waals surface area contributed by atoms with Crippen LogP contribution in [0.1, 0.15) is 56.8 Å². The predicted molar refractivity (Wildman–Crippen MR) is 103 cm³/mol. The zero-order valence-electron chi connectivity index (χ0n) is 14.6. The molecule has 2 atom stereocenters. The van der Waals surface area contributed by atoms with Gasteiger partial charge in [0.1, 0.15) is 0 Å². The van der Waals surface area contributed by atoms with Crippen LogP contribution in [0.3, 0.4) is 0 Å². The van der Waals surface area contributed by atoms with E-state index in [9.17, 15) is 4.79 Å². The Morgan fingerprint density at radius 2 is 2.00 bits per heavy atom. The second-order valence-electron chi connectivity index (χ2n) is 7.48. The van der Waals surface area contributed by atoms with E-state index in [0.29, 0.717) is 16.5 Å². The van der Waals surface area contributed by atoms with Crippen molar-refractivity contribution in [1.29, 1.82) is 0 Å². The summed E-state index contributed by atoms with van der Waals surface area (Å²) in [5, 5.41) is 1.38. The van der Waals surface area contributed by atoms with E-state index in [1.165, 1.54) is 12.8 Å². The minimum absolute atomic E-state index is 0.0108. The molecular formula is C19H25ClN2OS. The summed E-state index contributed by atoms with van der Waals surface area (Å²) in [5.41, 5.74) is 0.460. The maximum atomic E-state index is 13.4. The lowest BCUT2D eigenvalue weighted by Crippen LogP contribution is -2.47. The quantitative estimate of drug-likeness (QED) is 0.718. The summed E-state index contributed by atoms with van der Waals surface area (Å²) in [6, 6.07) is 7.54. The molecule has 5 heteroatoms. The third kappa shape index (κ3) is 3.65. The van der Waals surface area contributed by atoms with Crippen LogP contribution in [0.4, 0.5) is 0 Å². The van der Waals surface area contributed by atoms with Crippen molar-refractivity contribution in [3.8, 4) is 0 Å². The Hall–Kier alpha value is -1.000. The van der Waals surface area contributed by atoms with Crippen LogP contribution in [-0.2, 0) is 0 Å². The Bertz CT molecular complexity index is 659. The number of amidine groups is 1. The van der Waals surface area contributed by atoms with Crippen LogP contribution in [-0.4, -0.2) is 33.3 Å². The third-order valence-corrected chi connectivity index (χ3v) is 6.61. The topological polar surface area (TPSA) is 32.7 Å². The summed E-state index contributed by atoms with van der Waals surface area (Å²) in [6.07, 6.45) is 4.62. The first kappa shape index (κ1) is 17.8. The molecule has 1 saturated carbocycles. The van der Waals surface area contributed by atoms with E-state index in [-0.39, 0.29) is 17.5 Å². The summed E-state index contributed by atoms with van der Waals surface area (Å²) in [7, 11) is 0. The van der Waals surface area contributed by atoms with E-state index in [1.807, 2.05) is 23.1 Å². The molecule has 1 aromatic rings. The SMILES string of the molecule is C[C@@H]1CCCC[C@H]1N(C(=O)c1ccccc1Cl)C1=NC(C)(C)CS1. The zero-order chi connectivity index (χ0) is 17.3. The highest BCUT2D eigenvalue weighted by molar-refractivity contribution is 8.14. The van der Waals surface area contributed by atoms with E-state index in [2.05, 4.69) is 20.8 Å². The van der Waals surface area contributed by atoms with Crippen LogP contribution < -0.4 is 0 Å². The van der Waals surface area contributed by atoms with Crippen LogP contribution >= 0.6 is 23.4 Å². The summed E-state index contributed by atoms with van der Waals surface area (Å²) >= 11 is 8.00. The number of carbonyl (C=O) groups excluding carboxylic acids is 1. The van der Waals surface area contributed by atoms with Gasteiger partial charge in [0.2, 0.25) is 0 Å². The number of rotatable bonds is 2. The third-order valence-electron chi connectivity index (χ3n) is 4.88. The molecule has 0 aromatic heterocycles. The van der Waals surface area contributed by atoms with Gasteiger partial charge in [0.25, 0.3) is 5.91 Å². The lowest BCUT2D eigenvalue weighted by atomic mass is 9.85. The Morgan fingerprint density at radius 1 is 1.29 bits per heavy atom. The number of carbonyl (C=O) groups is 1. The minimum Gasteiger partial charge on any atom is -0.284 e. The number of halogens is 1. The zero-order valence-corrected chi connectivity index (χ0v) is 16.2. The van der Waals surface area contributed by atoms with Crippen molar-refractivity contribution < 1.29 is 4.79 Å². The second-order valence-corrected chi connectivity index (χ2v) is 8.83. The summed E-state index contributed by atoms with van der Waals surface area (Å²) < 4.78 is 0. The minimum atomic E-state index is -0.114. The molecule has 0 bridgehead atoms. The van der Waals surface area contributed by atoms with Crippen LogP contribution in [0.5, 0.6) is 0 Å². The van der Waals surface area contributed by atoms with Gasteiger partial charge in [-0.2, -0.15) is 0 Å². The maximum Gasteiger partial charge on any atom is 0.261 e. The van der Waals surface area contributed by atoms with Gasteiger partial charge in [-0.15, -0.1) is 0 Å². The van der Waals surface area contributed by atoms with Gasteiger partial charge in [-0.1, -0.05) is 55.3 Å². The van der Waals surface area contributed by atoms with Crippen molar-refractivity contribution in [3.63, 3.8) is 0 Å². The average Bonchev–Trinajstić information content (AvgIpc) is 2.89. The van der Waals surface area contributed by atoms with Gasteiger partial charge in [0.05, 0.1) is 16.1 Å². The first-order valence-electron chi connectivity index (χ1n) is 8.70. The lowest BCUT2D eigenvalue weighted by molar-refractivity contribution is 0.0733. The predicted octanol–water partition coefficient (Wildman–Crippen LogP) is 5.24. The second kappa shape index (κ2) is 7.09. The van der Waals surface area contributed by atoms with Gasteiger partial charge in [0, 0.05) is 11.8 Å². The smallest absolute Gasteiger partial charge is 0.261 e. The molecule has 0 unspecified atom stereocenters. The molecule has 24 heavy (non-hydrogen) atoms. The fourth-order valence-electron chi connectivity index (χ4n) is 3.51. The van der Waals surface area contributed by atoms with Crippen LogP contribution in [0.25, 0.3) is 0 Å². The van der Waals surface area contributed by atoms with Crippen molar-refractivity contribution in [3.05, 3.63) is 34.9 Å². The Labute approximate surface area is 153 Å². The number of thioether (sulfide) groups is 1. The van der Waals surface area contributed by atoms with Gasteiger partial charge in [0.15, 0.2) is 5.17 Å². The molecule has 1 fully saturated rings. The molecule has 0 N–H and O–H groups in total. The van der Waals surface area contributed by atoms with Crippen molar-refractivity contribution in [2.24, 2.45) is 10.9 Å². The molecule has 1 aliphatic carbocycles.